The highest BCUT2D eigenvalue weighted by Crippen LogP contribution is 2.21. The number of thioether (sulfide) groups is 1. The third-order valence-electron chi connectivity index (χ3n) is 4.30. The summed E-state index contributed by atoms with van der Waals surface area (Å²) in [5.74, 6) is 0.106. The van der Waals surface area contributed by atoms with E-state index >= 15 is 0 Å². The molecule has 0 fully saturated rings. The number of nitrogens with one attached hydrogen (secondary N) is 1. The lowest BCUT2D eigenvalue weighted by molar-refractivity contribution is -0.146. The Balaban J connectivity index is 1.73. The van der Waals surface area contributed by atoms with Crippen molar-refractivity contribution in [2.45, 2.75) is 45.1 Å². The highest BCUT2D eigenvalue weighted by Gasteiger charge is 2.13. The molecule has 0 aliphatic carbocycles. The van der Waals surface area contributed by atoms with Crippen LogP contribution >= 0.6 is 11.8 Å². The maximum Gasteiger partial charge on any atom is 0.316 e. The Hall–Kier alpha value is -2.27. The van der Waals surface area contributed by atoms with Crippen molar-refractivity contribution in [3.05, 3.63) is 65.2 Å². The molecule has 2 rings (SSSR count). The number of hydrogen-bond acceptors (Lipinski definition) is 4. The van der Waals surface area contributed by atoms with E-state index in [1.165, 1.54) is 17.3 Å². The van der Waals surface area contributed by atoms with Gasteiger partial charge in [-0.1, -0.05) is 56.3 Å². The Bertz CT molecular complexity index is 787. The Labute approximate surface area is 172 Å². The first-order chi connectivity index (χ1) is 13.3. The molecule has 28 heavy (non-hydrogen) atoms. The van der Waals surface area contributed by atoms with Crippen LogP contribution < -0.4 is 5.32 Å². The van der Waals surface area contributed by atoms with Crippen LogP contribution in [0.2, 0.25) is 0 Å². The average molecular weight is 400 g/mol. The molecule has 1 N–H and O–H groups in total. The predicted molar refractivity (Wildman–Crippen MR) is 114 cm³/mol. The number of carbonyl (C=O) groups excluding carboxylic acids is 2. The van der Waals surface area contributed by atoms with Crippen LogP contribution in [0.4, 0.5) is 0 Å². The molecule has 1 atom stereocenters. The molecule has 0 radical (unpaired) electrons. The van der Waals surface area contributed by atoms with Gasteiger partial charge in [-0.3, -0.25) is 9.59 Å². The average Bonchev–Trinajstić information content (AvgIpc) is 2.65. The van der Waals surface area contributed by atoms with Crippen LogP contribution in [-0.4, -0.2) is 24.2 Å². The molecule has 0 aliphatic heterocycles. The van der Waals surface area contributed by atoms with Crippen LogP contribution in [0.1, 0.15) is 43.5 Å². The van der Waals surface area contributed by atoms with Gasteiger partial charge in [0.15, 0.2) is 6.61 Å². The standard InChI is InChI=1S/C23H29NO3S/c1-16(2)13-19-9-11-20(12-10-19)18(4)24-22(25)14-27-23(26)15-28-21-8-6-5-7-17(21)3/h5-12,16,18H,13-15H2,1-4H3,(H,24,25)/t18-/m1/s1. The lowest BCUT2D eigenvalue weighted by Crippen LogP contribution is -2.31. The lowest BCUT2D eigenvalue weighted by atomic mass is 10.00. The molecule has 0 heterocycles. The lowest BCUT2D eigenvalue weighted by Gasteiger charge is -2.15. The number of ether oxygens (including phenoxy) is 1. The molecule has 0 spiro atoms. The van der Waals surface area contributed by atoms with E-state index in [0.29, 0.717) is 5.92 Å². The zero-order chi connectivity index (χ0) is 20.5. The fourth-order valence-electron chi connectivity index (χ4n) is 2.82. The van der Waals surface area contributed by atoms with Crippen LogP contribution in [0.25, 0.3) is 0 Å². The number of aryl methyl sites for hydroxylation is 1. The Morgan fingerprint density at radius 2 is 1.71 bits per heavy atom. The van der Waals surface area contributed by atoms with Crippen molar-refractivity contribution in [2.75, 3.05) is 12.4 Å². The van der Waals surface area contributed by atoms with Gasteiger partial charge in [0.05, 0.1) is 11.8 Å². The predicted octanol–water partition coefficient (Wildman–Crippen LogP) is 4.71. The molecular formula is C23H29NO3S. The largest absolute Gasteiger partial charge is 0.455 e. The second kappa shape index (κ2) is 10.9. The summed E-state index contributed by atoms with van der Waals surface area (Å²) in [4.78, 5) is 25.0. The van der Waals surface area contributed by atoms with Crippen LogP contribution in [-0.2, 0) is 20.7 Å². The summed E-state index contributed by atoms with van der Waals surface area (Å²) >= 11 is 1.42. The van der Waals surface area contributed by atoms with Crippen LogP contribution in [0.5, 0.6) is 0 Å². The highest BCUT2D eigenvalue weighted by molar-refractivity contribution is 8.00. The van der Waals surface area contributed by atoms with Crippen LogP contribution in [0, 0.1) is 12.8 Å². The summed E-state index contributed by atoms with van der Waals surface area (Å²) in [6.07, 6.45) is 1.04. The van der Waals surface area contributed by atoms with Crippen LogP contribution in [0.3, 0.4) is 0 Å². The molecule has 0 saturated carbocycles. The Morgan fingerprint density at radius 1 is 1.04 bits per heavy atom. The van der Waals surface area contributed by atoms with E-state index in [4.69, 9.17) is 4.74 Å². The minimum atomic E-state index is -0.394. The fourth-order valence-corrected chi connectivity index (χ4v) is 3.65. The monoisotopic (exact) mass is 399 g/mol. The van der Waals surface area contributed by atoms with Gasteiger partial charge < -0.3 is 10.1 Å². The van der Waals surface area contributed by atoms with Crippen LogP contribution in [0.15, 0.2) is 53.4 Å². The van der Waals surface area contributed by atoms with E-state index in [2.05, 4.69) is 31.3 Å². The van der Waals surface area contributed by atoms with Gasteiger partial charge in [-0.2, -0.15) is 0 Å². The third-order valence-corrected chi connectivity index (χ3v) is 5.45. The molecule has 1 amide bonds. The summed E-state index contributed by atoms with van der Waals surface area (Å²) in [5.41, 5.74) is 3.44. The number of rotatable bonds is 9. The van der Waals surface area contributed by atoms with Gasteiger partial charge in [-0.05, 0) is 48.9 Å². The molecule has 0 aliphatic rings. The number of benzene rings is 2. The molecule has 0 unspecified atom stereocenters. The summed E-state index contributed by atoms with van der Waals surface area (Å²) in [7, 11) is 0. The van der Waals surface area contributed by atoms with E-state index in [1.807, 2.05) is 50.2 Å². The summed E-state index contributed by atoms with van der Waals surface area (Å²) in [6.45, 7) is 8.04. The maximum absolute atomic E-state index is 12.1. The molecule has 0 aromatic heterocycles. The molecule has 150 valence electrons. The summed E-state index contributed by atoms with van der Waals surface area (Å²) in [6, 6.07) is 16.0. The van der Waals surface area contributed by atoms with Crippen molar-refractivity contribution in [3.63, 3.8) is 0 Å². The minimum Gasteiger partial charge on any atom is -0.455 e. The fraction of sp³-hybridized carbons (Fsp3) is 0.391. The van der Waals surface area contributed by atoms with Crippen molar-refractivity contribution in [2.24, 2.45) is 5.92 Å². The molecule has 0 saturated heterocycles. The van der Waals surface area contributed by atoms with Gasteiger partial charge in [0, 0.05) is 4.90 Å². The van der Waals surface area contributed by atoms with Gasteiger partial charge in [0.2, 0.25) is 0 Å². The first-order valence-electron chi connectivity index (χ1n) is 9.57. The van der Waals surface area contributed by atoms with E-state index in [9.17, 15) is 9.59 Å². The smallest absolute Gasteiger partial charge is 0.316 e. The van der Waals surface area contributed by atoms with E-state index in [1.54, 1.807) is 0 Å². The first-order valence-corrected chi connectivity index (χ1v) is 10.6. The maximum atomic E-state index is 12.1. The first kappa shape index (κ1) is 22.0. The van der Waals surface area contributed by atoms with Gasteiger partial charge in [0.25, 0.3) is 5.91 Å². The van der Waals surface area contributed by atoms with Crippen molar-refractivity contribution < 1.29 is 14.3 Å². The molecule has 2 aromatic carbocycles. The minimum absolute atomic E-state index is 0.138. The van der Waals surface area contributed by atoms with Gasteiger partial charge in [-0.25, -0.2) is 0 Å². The Morgan fingerprint density at radius 3 is 2.36 bits per heavy atom. The van der Waals surface area contributed by atoms with Crippen molar-refractivity contribution in [1.29, 1.82) is 0 Å². The molecule has 4 nitrogen and oxygen atoms in total. The quantitative estimate of drug-likeness (QED) is 0.490. The second-order valence-corrected chi connectivity index (χ2v) is 8.36. The molecule has 5 heteroatoms. The summed E-state index contributed by atoms with van der Waals surface area (Å²) < 4.78 is 5.09. The second-order valence-electron chi connectivity index (χ2n) is 7.34. The van der Waals surface area contributed by atoms with Gasteiger partial charge in [0.1, 0.15) is 0 Å². The number of carbonyl (C=O) groups is 2. The molecule has 2 aromatic rings. The van der Waals surface area contributed by atoms with Crippen molar-refractivity contribution in [1.82, 2.24) is 5.32 Å². The SMILES string of the molecule is Cc1ccccc1SCC(=O)OCC(=O)N[C@H](C)c1ccc(CC(C)C)cc1. The van der Waals surface area contributed by atoms with Crippen molar-refractivity contribution in [3.8, 4) is 0 Å². The molecule has 0 bridgehead atoms. The molecular weight excluding hydrogens is 370 g/mol. The van der Waals surface area contributed by atoms with E-state index in [0.717, 1.165) is 22.4 Å². The Kier molecular flexibility index (Phi) is 8.58. The van der Waals surface area contributed by atoms with Gasteiger partial charge in [-0.15, -0.1) is 11.8 Å². The third kappa shape index (κ3) is 7.39. The topological polar surface area (TPSA) is 55.4 Å². The summed E-state index contributed by atoms with van der Waals surface area (Å²) in [5, 5.41) is 2.87. The zero-order valence-corrected chi connectivity index (χ0v) is 17.8. The highest BCUT2D eigenvalue weighted by atomic mass is 32.2. The van der Waals surface area contributed by atoms with E-state index in [-0.39, 0.29) is 24.3 Å². The zero-order valence-electron chi connectivity index (χ0n) is 17.0. The normalized spacial score (nSPS) is 11.9. The van der Waals surface area contributed by atoms with Crippen molar-refractivity contribution >= 4 is 23.6 Å². The van der Waals surface area contributed by atoms with Gasteiger partial charge >= 0.3 is 5.97 Å². The van der Waals surface area contributed by atoms with E-state index < -0.39 is 5.97 Å². The number of amides is 1. The number of hydrogen-bond donors (Lipinski definition) is 1. The number of esters is 1.